The fraction of sp³-hybridized carbons (Fsp3) is 0.471. The van der Waals surface area contributed by atoms with Crippen molar-refractivity contribution in [3.05, 3.63) is 27.9 Å². The molecule has 1 unspecified atom stereocenters. The maximum absolute atomic E-state index is 12.5. The lowest BCUT2D eigenvalue weighted by Crippen LogP contribution is -2.41. The van der Waals surface area contributed by atoms with Gasteiger partial charge in [-0.1, -0.05) is 0 Å². The largest absolute Gasteiger partial charge is 0.370 e. The summed E-state index contributed by atoms with van der Waals surface area (Å²) in [7, 11) is 0. The highest BCUT2D eigenvalue weighted by Crippen LogP contribution is 2.26. The van der Waals surface area contributed by atoms with E-state index in [1.807, 2.05) is 21.7 Å². The quantitative estimate of drug-likeness (QED) is 0.857. The van der Waals surface area contributed by atoms with Crippen LogP contribution in [0, 0.1) is 5.92 Å². The minimum absolute atomic E-state index is 0.126. The van der Waals surface area contributed by atoms with Gasteiger partial charge in [0.2, 0.25) is 11.8 Å². The van der Waals surface area contributed by atoms with Crippen molar-refractivity contribution < 1.29 is 9.59 Å². The minimum Gasteiger partial charge on any atom is -0.370 e. The topological polar surface area (TPSA) is 76.3 Å². The summed E-state index contributed by atoms with van der Waals surface area (Å²) in [6.07, 6.45) is 3.59. The summed E-state index contributed by atoms with van der Waals surface area (Å²) in [5.74, 6) is 0.245. The van der Waals surface area contributed by atoms with Crippen LogP contribution < -0.4 is 5.73 Å². The van der Waals surface area contributed by atoms with Gasteiger partial charge in [-0.15, -0.1) is 11.3 Å². The number of nitrogens with two attached hydrogens (primary N) is 1. The van der Waals surface area contributed by atoms with Crippen molar-refractivity contribution in [1.29, 1.82) is 0 Å². The van der Waals surface area contributed by atoms with Gasteiger partial charge in [-0.25, -0.2) is 4.98 Å². The Morgan fingerprint density at radius 3 is 3.00 bits per heavy atom. The number of carbonyl (C=O) groups excluding carboxylic acids is 2. The Morgan fingerprint density at radius 2 is 2.25 bits per heavy atom. The Hall–Kier alpha value is -1.73. The molecule has 0 spiro atoms. The lowest BCUT2D eigenvalue weighted by molar-refractivity contribution is -0.132. The number of hydrogen-bond acceptors (Lipinski definition) is 5. The van der Waals surface area contributed by atoms with Crippen LogP contribution in [0.1, 0.15) is 31.4 Å². The van der Waals surface area contributed by atoms with E-state index in [4.69, 9.17) is 5.73 Å². The van der Waals surface area contributed by atoms with E-state index in [0.29, 0.717) is 18.8 Å². The van der Waals surface area contributed by atoms with Gasteiger partial charge in [0.15, 0.2) is 0 Å². The molecule has 24 heavy (non-hydrogen) atoms. The number of nitrogens with zero attached hydrogens (tertiary/aromatic N) is 2. The van der Waals surface area contributed by atoms with Crippen molar-refractivity contribution in [3.8, 4) is 10.6 Å². The third-order valence-corrected chi connectivity index (χ3v) is 5.95. The van der Waals surface area contributed by atoms with E-state index in [0.717, 1.165) is 48.6 Å². The lowest BCUT2D eigenvalue weighted by Gasteiger charge is -2.32. The van der Waals surface area contributed by atoms with E-state index in [1.165, 1.54) is 0 Å². The number of thiophene rings is 1. The van der Waals surface area contributed by atoms with Crippen molar-refractivity contribution in [2.24, 2.45) is 11.7 Å². The molecule has 1 aliphatic heterocycles. The zero-order valence-corrected chi connectivity index (χ0v) is 15.1. The monoisotopic (exact) mass is 363 g/mol. The van der Waals surface area contributed by atoms with Gasteiger partial charge >= 0.3 is 0 Å². The van der Waals surface area contributed by atoms with Gasteiger partial charge in [0.05, 0.1) is 12.1 Å². The standard InChI is InChI=1S/C17H21N3O2S2/c18-15(21)4-3-12-2-1-6-20(9-12)16(22)8-14-11-24-17(19-14)13-5-7-23-10-13/h5,7,10-12H,1-4,6,8-9H2,(H2,18,21). The fourth-order valence-electron chi connectivity index (χ4n) is 3.05. The first-order chi connectivity index (χ1) is 11.6. The number of carbonyl (C=O) groups is 2. The molecule has 3 heterocycles. The first kappa shape index (κ1) is 17.1. The second kappa shape index (κ2) is 7.90. The maximum atomic E-state index is 12.5. The zero-order valence-electron chi connectivity index (χ0n) is 13.4. The summed E-state index contributed by atoms with van der Waals surface area (Å²) in [5, 5.41) is 7.04. The first-order valence-corrected chi connectivity index (χ1v) is 9.97. The van der Waals surface area contributed by atoms with Crippen LogP contribution in [-0.4, -0.2) is 34.8 Å². The van der Waals surface area contributed by atoms with Gasteiger partial charge in [0.1, 0.15) is 5.01 Å². The van der Waals surface area contributed by atoms with Crippen LogP contribution in [0.15, 0.2) is 22.2 Å². The number of amides is 2. The molecule has 0 aliphatic carbocycles. The number of likely N-dealkylation sites (tertiary alicyclic amines) is 1. The highest BCUT2D eigenvalue weighted by molar-refractivity contribution is 7.14. The molecule has 0 radical (unpaired) electrons. The number of hydrogen-bond donors (Lipinski definition) is 1. The van der Waals surface area contributed by atoms with Crippen LogP contribution in [-0.2, 0) is 16.0 Å². The molecular weight excluding hydrogens is 342 g/mol. The summed E-state index contributed by atoms with van der Waals surface area (Å²) >= 11 is 3.23. The highest BCUT2D eigenvalue weighted by atomic mass is 32.1. The zero-order chi connectivity index (χ0) is 16.9. The SMILES string of the molecule is NC(=O)CCC1CCCN(C(=O)Cc2csc(-c3ccsc3)n2)C1. The number of primary amides is 1. The molecular formula is C17H21N3O2S2. The van der Waals surface area contributed by atoms with Crippen molar-refractivity contribution in [3.63, 3.8) is 0 Å². The molecule has 5 nitrogen and oxygen atoms in total. The second-order valence-corrected chi connectivity index (χ2v) is 7.82. The third kappa shape index (κ3) is 4.42. The normalized spacial score (nSPS) is 17.8. The summed E-state index contributed by atoms with van der Waals surface area (Å²) in [6, 6.07) is 2.04. The summed E-state index contributed by atoms with van der Waals surface area (Å²) in [5.41, 5.74) is 7.18. The second-order valence-electron chi connectivity index (χ2n) is 6.19. The Balaban J connectivity index is 1.55. The number of rotatable bonds is 6. The molecule has 2 N–H and O–H groups in total. The Labute approximate surface area is 149 Å². The van der Waals surface area contributed by atoms with Crippen molar-refractivity contribution in [2.45, 2.75) is 32.1 Å². The highest BCUT2D eigenvalue weighted by Gasteiger charge is 2.24. The molecule has 0 bridgehead atoms. The minimum atomic E-state index is -0.262. The molecule has 0 aromatic carbocycles. The average molecular weight is 364 g/mol. The van der Waals surface area contributed by atoms with Gasteiger partial charge in [0.25, 0.3) is 0 Å². The molecule has 3 rings (SSSR count). The van der Waals surface area contributed by atoms with Crippen LogP contribution >= 0.6 is 22.7 Å². The Bertz CT molecular complexity index is 697. The van der Waals surface area contributed by atoms with Crippen LogP contribution in [0.3, 0.4) is 0 Å². The average Bonchev–Trinajstić information content (AvgIpc) is 3.24. The maximum Gasteiger partial charge on any atom is 0.228 e. The smallest absolute Gasteiger partial charge is 0.228 e. The molecule has 0 saturated carbocycles. The van der Waals surface area contributed by atoms with E-state index in [2.05, 4.69) is 10.4 Å². The number of aromatic nitrogens is 1. The molecule has 7 heteroatoms. The molecule has 1 fully saturated rings. The Kier molecular flexibility index (Phi) is 5.63. The van der Waals surface area contributed by atoms with Gasteiger partial charge < -0.3 is 10.6 Å². The van der Waals surface area contributed by atoms with Crippen LogP contribution in [0.4, 0.5) is 0 Å². The van der Waals surface area contributed by atoms with Gasteiger partial charge in [-0.2, -0.15) is 11.3 Å². The lowest BCUT2D eigenvalue weighted by atomic mass is 9.93. The molecule has 1 atom stereocenters. The van der Waals surface area contributed by atoms with E-state index >= 15 is 0 Å². The van der Waals surface area contributed by atoms with Gasteiger partial charge in [-0.05, 0) is 36.6 Å². The van der Waals surface area contributed by atoms with Gasteiger partial charge in [0, 0.05) is 35.8 Å². The van der Waals surface area contributed by atoms with Crippen molar-refractivity contribution in [1.82, 2.24) is 9.88 Å². The molecule has 2 aromatic rings. The Morgan fingerprint density at radius 1 is 1.38 bits per heavy atom. The van der Waals surface area contributed by atoms with E-state index in [-0.39, 0.29) is 11.8 Å². The molecule has 1 aliphatic rings. The van der Waals surface area contributed by atoms with Crippen molar-refractivity contribution >= 4 is 34.5 Å². The fourth-order valence-corrected chi connectivity index (χ4v) is 4.58. The van der Waals surface area contributed by atoms with Gasteiger partial charge in [-0.3, -0.25) is 9.59 Å². The summed E-state index contributed by atoms with van der Waals surface area (Å²) < 4.78 is 0. The number of thiazole rings is 1. The molecule has 128 valence electrons. The summed E-state index contributed by atoms with van der Waals surface area (Å²) in [4.78, 5) is 30.0. The summed E-state index contributed by atoms with van der Waals surface area (Å²) in [6.45, 7) is 1.53. The van der Waals surface area contributed by atoms with Crippen LogP contribution in [0.25, 0.3) is 10.6 Å². The predicted molar refractivity (Wildman–Crippen MR) is 96.9 cm³/mol. The molecule has 1 saturated heterocycles. The van der Waals surface area contributed by atoms with E-state index < -0.39 is 0 Å². The van der Waals surface area contributed by atoms with Crippen LogP contribution in [0.5, 0.6) is 0 Å². The molecule has 2 aromatic heterocycles. The van der Waals surface area contributed by atoms with Crippen molar-refractivity contribution in [2.75, 3.05) is 13.1 Å². The number of piperidine rings is 1. The molecule has 2 amide bonds. The van der Waals surface area contributed by atoms with E-state index in [9.17, 15) is 9.59 Å². The predicted octanol–water partition coefficient (Wildman–Crippen LogP) is 2.92. The van der Waals surface area contributed by atoms with E-state index in [1.54, 1.807) is 22.7 Å². The first-order valence-electron chi connectivity index (χ1n) is 8.15. The van der Waals surface area contributed by atoms with Crippen LogP contribution in [0.2, 0.25) is 0 Å². The third-order valence-electron chi connectivity index (χ3n) is 4.32.